The van der Waals surface area contributed by atoms with Crippen molar-refractivity contribution in [2.75, 3.05) is 25.6 Å². The quantitative estimate of drug-likeness (QED) is 0.581. The maximum atomic E-state index is 13.0. The number of benzene rings is 2. The number of ether oxygens (including phenoxy) is 1. The van der Waals surface area contributed by atoms with Gasteiger partial charge in [-0.1, -0.05) is 35.9 Å². The van der Waals surface area contributed by atoms with E-state index in [4.69, 9.17) is 16.3 Å². The van der Waals surface area contributed by atoms with E-state index in [-0.39, 0.29) is 17.5 Å². The second-order valence-corrected chi connectivity index (χ2v) is 6.80. The topological polar surface area (TPSA) is 58.6 Å². The lowest BCUT2D eigenvalue weighted by Gasteiger charge is -2.15. The second-order valence-electron chi connectivity index (χ2n) is 6.36. The maximum Gasteiger partial charge on any atom is 0.278 e. The Morgan fingerprint density at radius 2 is 1.81 bits per heavy atom. The molecule has 0 saturated heterocycles. The number of methoxy groups -OCH3 is 1. The Hall–Kier alpha value is -2.63. The number of anilines is 1. The summed E-state index contributed by atoms with van der Waals surface area (Å²) in [7, 11) is 1.59. The predicted molar refractivity (Wildman–Crippen MR) is 106 cm³/mol. The number of nitrogens with zero attached hydrogens (tertiary/aromatic N) is 1. The molecule has 0 spiro atoms. The molecule has 1 aliphatic rings. The molecule has 0 atom stereocenters. The molecule has 3 rings (SSSR count). The minimum atomic E-state index is -0.331. The molecule has 0 aliphatic carbocycles. The van der Waals surface area contributed by atoms with Crippen LogP contribution in [0, 0.1) is 6.92 Å². The molecule has 0 saturated carbocycles. The lowest BCUT2D eigenvalue weighted by molar-refractivity contribution is -0.136. The lowest BCUT2D eigenvalue weighted by atomic mass is 10.0. The van der Waals surface area contributed by atoms with Gasteiger partial charge in [-0.25, -0.2) is 0 Å². The van der Waals surface area contributed by atoms with E-state index in [9.17, 15) is 9.59 Å². The first kappa shape index (κ1) is 19.1. The molecular weight excluding hydrogens is 364 g/mol. The van der Waals surface area contributed by atoms with Crippen LogP contribution >= 0.6 is 11.6 Å². The van der Waals surface area contributed by atoms with Gasteiger partial charge in [-0.05, 0) is 48.7 Å². The zero-order valence-electron chi connectivity index (χ0n) is 15.3. The van der Waals surface area contributed by atoms with Crippen molar-refractivity contribution >= 4 is 34.7 Å². The van der Waals surface area contributed by atoms with E-state index in [1.807, 2.05) is 31.2 Å². The largest absolute Gasteiger partial charge is 0.385 e. The number of nitrogens with one attached hydrogen (secondary N) is 1. The summed E-state index contributed by atoms with van der Waals surface area (Å²) in [6.45, 7) is 2.76. The Kier molecular flexibility index (Phi) is 5.94. The van der Waals surface area contributed by atoms with Gasteiger partial charge in [-0.15, -0.1) is 0 Å². The van der Waals surface area contributed by atoms with Crippen molar-refractivity contribution in [1.29, 1.82) is 0 Å². The zero-order valence-corrected chi connectivity index (χ0v) is 16.0. The van der Waals surface area contributed by atoms with E-state index in [1.165, 1.54) is 4.90 Å². The highest BCUT2D eigenvalue weighted by atomic mass is 35.5. The summed E-state index contributed by atoms with van der Waals surface area (Å²) >= 11 is 5.97. The molecule has 2 aromatic rings. The summed E-state index contributed by atoms with van der Waals surface area (Å²) in [4.78, 5) is 27.2. The summed E-state index contributed by atoms with van der Waals surface area (Å²) in [5.41, 5.74) is 3.11. The number of carbonyl (C=O) groups excluding carboxylic acids is 2. The third kappa shape index (κ3) is 4.21. The van der Waals surface area contributed by atoms with Crippen LogP contribution in [0.15, 0.2) is 54.2 Å². The number of rotatable bonds is 7. The number of aryl methyl sites for hydroxylation is 1. The Balaban J connectivity index is 1.99. The first-order valence-corrected chi connectivity index (χ1v) is 9.08. The fraction of sp³-hybridized carbons (Fsp3) is 0.238. The molecule has 1 aliphatic heterocycles. The van der Waals surface area contributed by atoms with Gasteiger partial charge in [0, 0.05) is 31.0 Å². The SMILES string of the molecule is COCCCN1C(=O)C(Nc2cccc(C)c2)=C(c2ccc(Cl)cc2)C1=O. The third-order valence-corrected chi connectivity index (χ3v) is 4.57. The maximum absolute atomic E-state index is 13.0. The Morgan fingerprint density at radius 1 is 1.07 bits per heavy atom. The number of carbonyl (C=O) groups is 2. The van der Waals surface area contributed by atoms with Gasteiger partial charge in [-0.3, -0.25) is 14.5 Å². The molecule has 0 fully saturated rings. The number of amides is 2. The van der Waals surface area contributed by atoms with Crippen molar-refractivity contribution in [1.82, 2.24) is 4.90 Å². The third-order valence-electron chi connectivity index (χ3n) is 4.32. The van der Waals surface area contributed by atoms with Gasteiger partial charge in [-0.2, -0.15) is 0 Å². The fourth-order valence-electron chi connectivity index (χ4n) is 3.01. The lowest BCUT2D eigenvalue weighted by Crippen LogP contribution is -2.33. The van der Waals surface area contributed by atoms with E-state index in [0.29, 0.717) is 35.7 Å². The Morgan fingerprint density at radius 3 is 2.48 bits per heavy atom. The van der Waals surface area contributed by atoms with E-state index in [1.54, 1.807) is 31.4 Å². The molecule has 27 heavy (non-hydrogen) atoms. The number of imide groups is 1. The summed E-state index contributed by atoms with van der Waals surface area (Å²) < 4.78 is 5.04. The van der Waals surface area contributed by atoms with Gasteiger partial charge in [0.25, 0.3) is 11.8 Å². The standard InChI is InChI=1S/C21H21ClN2O3/c1-14-5-3-6-17(13-14)23-19-18(15-7-9-16(22)10-8-15)20(25)24(21(19)26)11-4-12-27-2/h3,5-10,13,23H,4,11-12H2,1-2H3. The highest BCUT2D eigenvalue weighted by Crippen LogP contribution is 2.31. The second kappa shape index (κ2) is 8.37. The summed E-state index contributed by atoms with van der Waals surface area (Å²) in [6, 6.07) is 14.6. The van der Waals surface area contributed by atoms with E-state index >= 15 is 0 Å². The highest BCUT2D eigenvalue weighted by Gasteiger charge is 2.38. The van der Waals surface area contributed by atoms with E-state index in [0.717, 1.165) is 11.3 Å². The smallest absolute Gasteiger partial charge is 0.278 e. The van der Waals surface area contributed by atoms with Crippen LogP contribution in [0.1, 0.15) is 17.5 Å². The molecule has 1 heterocycles. The Bertz CT molecular complexity index is 891. The van der Waals surface area contributed by atoms with Gasteiger partial charge in [0.05, 0.1) is 5.57 Å². The minimum absolute atomic E-state index is 0.283. The number of hydrogen-bond donors (Lipinski definition) is 1. The van der Waals surface area contributed by atoms with Gasteiger partial charge in [0.2, 0.25) is 0 Å². The Labute approximate surface area is 163 Å². The van der Waals surface area contributed by atoms with Crippen LogP contribution in [0.25, 0.3) is 5.57 Å². The van der Waals surface area contributed by atoms with Gasteiger partial charge >= 0.3 is 0 Å². The first-order chi connectivity index (χ1) is 13.0. The predicted octanol–water partition coefficient (Wildman–Crippen LogP) is 3.88. The normalized spacial score (nSPS) is 14.3. The molecule has 0 bridgehead atoms. The zero-order chi connectivity index (χ0) is 19.4. The van der Waals surface area contributed by atoms with Crippen molar-refractivity contribution in [2.45, 2.75) is 13.3 Å². The molecule has 1 N–H and O–H groups in total. The molecule has 2 amide bonds. The summed E-state index contributed by atoms with van der Waals surface area (Å²) in [5, 5.41) is 3.72. The van der Waals surface area contributed by atoms with Crippen LogP contribution in [0.4, 0.5) is 5.69 Å². The summed E-state index contributed by atoms with van der Waals surface area (Å²) in [6.07, 6.45) is 0.583. The van der Waals surface area contributed by atoms with Gasteiger partial charge in [0.15, 0.2) is 0 Å². The number of hydrogen-bond acceptors (Lipinski definition) is 4. The average molecular weight is 385 g/mol. The first-order valence-electron chi connectivity index (χ1n) is 8.70. The molecule has 140 valence electrons. The minimum Gasteiger partial charge on any atom is -0.385 e. The fourth-order valence-corrected chi connectivity index (χ4v) is 3.14. The van der Waals surface area contributed by atoms with Crippen molar-refractivity contribution in [2.24, 2.45) is 0 Å². The molecule has 0 radical (unpaired) electrons. The van der Waals surface area contributed by atoms with Crippen LogP contribution in [-0.2, 0) is 14.3 Å². The van der Waals surface area contributed by atoms with E-state index in [2.05, 4.69) is 5.32 Å². The highest BCUT2D eigenvalue weighted by molar-refractivity contribution is 6.36. The van der Waals surface area contributed by atoms with Crippen LogP contribution < -0.4 is 5.32 Å². The van der Waals surface area contributed by atoms with Crippen LogP contribution in [0.2, 0.25) is 5.02 Å². The monoisotopic (exact) mass is 384 g/mol. The molecule has 0 unspecified atom stereocenters. The molecule has 5 nitrogen and oxygen atoms in total. The van der Waals surface area contributed by atoms with Gasteiger partial charge in [0.1, 0.15) is 5.70 Å². The van der Waals surface area contributed by atoms with Crippen molar-refractivity contribution in [3.8, 4) is 0 Å². The molecule has 6 heteroatoms. The molecular formula is C21H21ClN2O3. The van der Waals surface area contributed by atoms with Crippen molar-refractivity contribution < 1.29 is 14.3 Å². The average Bonchev–Trinajstić information content (AvgIpc) is 2.87. The van der Waals surface area contributed by atoms with Crippen LogP contribution in [0.3, 0.4) is 0 Å². The molecule has 0 aromatic heterocycles. The van der Waals surface area contributed by atoms with E-state index < -0.39 is 0 Å². The molecule has 2 aromatic carbocycles. The van der Waals surface area contributed by atoms with Crippen molar-refractivity contribution in [3.63, 3.8) is 0 Å². The summed E-state index contributed by atoms with van der Waals surface area (Å²) in [5.74, 6) is -0.642. The van der Waals surface area contributed by atoms with Crippen LogP contribution in [-0.4, -0.2) is 37.0 Å². The number of halogens is 1. The van der Waals surface area contributed by atoms with Gasteiger partial charge < -0.3 is 10.1 Å². The van der Waals surface area contributed by atoms with Crippen molar-refractivity contribution in [3.05, 3.63) is 70.4 Å². The van der Waals surface area contributed by atoms with Crippen LogP contribution in [0.5, 0.6) is 0 Å².